The third kappa shape index (κ3) is 3.17. The number of nitrogens with one attached hydrogen (secondary N) is 1. The van der Waals surface area contributed by atoms with Gasteiger partial charge in [0, 0.05) is 36.0 Å². The zero-order chi connectivity index (χ0) is 14.8. The molecule has 2 aromatic heterocycles. The van der Waals surface area contributed by atoms with Crippen LogP contribution in [0.25, 0.3) is 10.2 Å². The van der Waals surface area contributed by atoms with Crippen LogP contribution >= 0.6 is 23.1 Å². The molecule has 114 valence electrons. The van der Waals surface area contributed by atoms with Crippen LogP contribution in [0.15, 0.2) is 0 Å². The molecular weight excluding hydrogens is 300 g/mol. The first-order chi connectivity index (χ1) is 10.2. The van der Waals surface area contributed by atoms with E-state index in [2.05, 4.69) is 31.0 Å². The largest absolute Gasteiger partial charge is 0.370 e. The monoisotopic (exact) mass is 322 g/mol. The molecule has 0 unspecified atom stereocenters. The third-order valence-corrected chi connectivity index (χ3v) is 5.93. The molecule has 1 fully saturated rings. The van der Waals surface area contributed by atoms with Gasteiger partial charge in [0.15, 0.2) is 0 Å². The number of anilines is 1. The third-order valence-electron chi connectivity index (χ3n) is 3.89. The van der Waals surface area contributed by atoms with Crippen LogP contribution in [0.4, 0.5) is 5.82 Å². The lowest BCUT2D eigenvalue weighted by molar-refractivity contribution is 0.287. The van der Waals surface area contributed by atoms with Crippen molar-refractivity contribution in [2.45, 2.75) is 27.3 Å². The maximum absolute atomic E-state index is 4.81. The lowest BCUT2D eigenvalue weighted by atomic mass is 10.2. The number of nitrogens with zero attached hydrogens (tertiary/aromatic N) is 3. The van der Waals surface area contributed by atoms with E-state index < -0.39 is 0 Å². The summed E-state index contributed by atoms with van der Waals surface area (Å²) < 4.78 is 0. The van der Waals surface area contributed by atoms with Crippen LogP contribution in [0, 0.1) is 13.8 Å². The van der Waals surface area contributed by atoms with E-state index in [1.165, 1.54) is 27.3 Å². The molecule has 0 spiro atoms. The van der Waals surface area contributed by atoms with E-state index in [4.69, 9.17) is 9.97 Å². The minimum Gasteiger partial charge on any atom is -0.370 e. The van der Waals surface area contributed by atoms with Crippen molar-refractivity contribution in [3.63, 3.8) is 0 Å². The van der Waals surface area contributed by atoms with Crippen molar-refractivity contribution in [2.75, 3.05) is 36.5 Å². The first kappa shape index (κ1) is 15.1. The van der Waals surface area contributed by atoms with Crippen LogP contribution in [-0.2, 0) is 6.54 Å². The lowest BCUT2D eigenvalue weighted by Crippen LogP contribution is -2.32. The van der Waals surface area contributed by atoms with E-state index in [9.17, 15) is 0 Å². The number of rotatable bonds is 4. The van der Waals surface area contributed by atoms with Gasteiger partial charge < -0.3 is 5.32 Å². The molecule has 0 atom stereocenters. The predicted octanol–water partition coefficient (Wildman–Crippen LogP) is 3.29. The standard InChI is InChI=1S/C15H22N4S2/c1-4-16-14-13-10(2)11(3)21-15(13)18-12(17-14)9-19-5-7-20-8-6-19/h4-9H2,1-3H3,(H,16,17,18). The molecule has 0 bridgehead atoms. The molecule has 0 aromatic carbocycles. The van der Waals surface area contributed by atoms with Crippen molar-refractivity contribution < 1.29 is 0 Å². The Morgan fingerprint density at radius 3 is 2.67 bits per heavy atom. The Morgan fingerprint density at radius 1 is 1.19 bits per heavy atom. The summed E-state index contributed by atoms with van der Waals surface area (Å²) in [4.78, 5) is 14.5. The smallest absolute Gasteiger partial charge is 0.146 e. The van der Waals surface area contributed by atoms with Crippen LogP contribution in [0.2, 0.25) is 0 Å². The highest BCUT2D eigenvalue weighted by Gasteiger charge is 2.17. The summed E-state index contributed by atoms with van der Waals surface area (Å²) in [5, 5.41) is 4.62. The molecule has 0 aliphatic carbocycles. The maximum Gasteiger partial charge on any atom is 0.146 e. The van der Waals surface area contributed by atoms with E-state index in [-0.39, 0.29) is 0 Å². The van der Waals surface area contributed by atoms with E-state index in [0.717, 1.165) is 42.7 Å². The predicted molar refractivity (Wildman–Crippen MR) is 93.7 cm³/mol. The fourth-order valence-electron chi connectivity index (χ4n) is 2.62. The van der Waals surface area contributed by atoms with Crippen molar-refractivity contribution in [1.29, 1.82) is 0 Å². The molecule has 2 aromatic rings. The number of hydrogen-bond acceptors (Lipinski definition) is 6. The highest BCUT2D eigenvalue weighted by Crippen LogP contribution is 2.33. The minimum absolute atomic E-state index is 0.866. The highest BCUT2D eigenvalue weighted by atomic mass is 32.2. The first-order valence-electron chi connectivity index (χ1n) is 7.49. The van der Waals surface area contributed by atoms with Crippen LogP contribution in [0.5, 0.6) is 0 Å². The van der Waals surface area contributed by atoms with Gasteiger partial charge in [0.2, 0.25) is 0 Å². The normalized spacial score (nSPS) is 16.5. The van der Waals surface area contributed by atoms with Gasteiger partial charge in [-0.1, -0.05) is 0 Å². The summed E-state index contributed by atoms with van der Waals surface area (Å²) in [6, 6.07) is 0. The number of aryl methyl sites for hydroxylation is 2. The lowest BCUT2D eigenvalue weighted by Gasteiger charge is -2.25. The summed E-state index contributed by atoms with van der Waals surface area (Å²) >= 11 is 3.82. The van der Waals surface area contributed by atoms with Crippen LogP contribution in [0.3, 0.4) is 0 Å². The van der Waals surface area contributed by atoms with E-state index in [1.54, 1.807) is 11.3 Å². The topological polar surface area (TPSA) is 41.1 Å². The van der Waals surface area contributed by atoms with Gasteiger partial charge in [0.25, 0.3) is 0 Å². The molecule has 1 aliphatic heterocycles. The number of aromatic nitrogens is 2. The van der Waals surface area contributed by atoms with Crippen LogP contribution < -0.4 is 5.32 Å². The van der Waals surface area contributed by atoms with E-state index >= 15 is 0 Å². The van der Waals surface area contributed by atoms with Gasteiger partial charge in [0.05, 0.1) is 11.9 Å². The van der Waals surface area contributed by atoms with Crippen molar-refractivity contribution in [1.82, 2.24) is 14.9 Å². The van der Waals surface area contributed by atoms with Gasteiger partial charge in [-0.3, -0.25) is 4.90 Å². The molecule has 3 heterocycles. The molecule has 4 nitrogen and oxygen atoms in total. The summed E-state index contributed by atoms with van der Waals surface area (Å²) in [6.45, 7) is 10.5. The molecule has 1 aliphatic rings. The fourth-order valence-corrected chi connectivity index (χ4v) is 4.65. The minimum atomic E-state index is 0.866. The Bertz CT molecular complexity index is 632. The number of thiophene rings is 1. The summed E-state index contributed by atoms with van der Waals surface area (Å²) in [7, 11) is 0. The molecule has 0 radical (unpaired) electrons. The quantitative estimate of drug-likeness (QED) is 0.935. The van der Waals surface area contributed by atoms with E-state index in [0.29, 0.717) is 0 Å². The molecule has 0 amide bonds. The molecule has 1 N–H and O–H groups in total. The second kappa shape index (κ2) is 6.50. The summed E-state index contributed by atoms with van der Waals surface area (Å²) in [6.07, 6.45) is 0. The van der Waals surface area contributed by atoms with Crippen LogP contribution in [-0.4, -0.2) is 46.0 Å². The van der Waals surface area contributed by atoms with E-state index in [1.807, 2.05) is 11.8 Å². The Labute approximate surface area is 134 Å². The Hall–Kier alpha value is -0.850. The average Bonchev–Trinajstić information content (AvgIpc) is 2.75. The van der Waals surface area contributed by atoms with Crippen molar-refractivity contribution in [3.8, 4) is 0 Å². The molecule has 6 heteroatoms. The zero-order valence-electron chi connectivity index (χ0n) is 12.9. The molecule has 1 saturated heterocycles. The molecule has 21 heavy (non-hydrogen) atoms. The number of thioether (sulfide) groups is 1. The average molecular weight is 323 g/mol. The Morgan fingerprint density at radius 2 is 1.95 bits per heavy atom. The maximum atomic E-state index is 4.81. The van der Waals surface area contributed by atoms with Gasteiger partial charge in [0.1, 0.15) is 16.5 Å². The van der Waals surface area contributed by atoms with Gasteiger partial charge >= 0.3 is 0 Å². The molecule has 3 rings (SSSR count). The summed E-state index contributed by atoms with van der Waals surface area (Å²) in [5.41, 5.74) is 1.31. The van der Waals surface area contributed by atoms with Gasteiger partial charge in [-0.05, 0) is 26.3 Å². The SMILES string of the molecule is CCNc1nc(CN2CCSCC2)nc2sc(C)c(C)c12. The second-order valence-corrected chi connectivity index (χ2v) is 7.80. The fraction of sp³-hybridized carbons (Fsp3) is 0.600. The van der Waals surface area contributed by atoms with Gasteiger partial charge in [-0.25, -0.2) is 9.97 Å². The zero-order valence-corrected chi connectivity index (χ0v) is 14.5. The number of fused-ring (bicyclic) bond motifs is 1. The highest BCUT2D eigenvalue weighted by molar-refractivity contribution is 7.99. The Balaban J connectivity index is 1.95. The van der Waals surface area contributed by atoms with Crippen molar-refractivity contribution in [3.05, 3.63) is 16.3 Å². The molecular formula is C15H22N4S2. The first-order valence-corrected chi connectivity index (χ1v) is 9.46. The summed E-state index contributed by atoms with van der Waals surface area (Å²) in [5.74, 6) is 4.40. The van der Waals surface area contributed by atoms with Crippen molar-refractivity contribution >= 4 is 39.1 Å². The van der Waals surface area contributed by atoms with Gasteiger partial charge in [-0.15, -0.1) is 11.3 Å². The van der Waals surface area contributed by atoms with Gasteiger partial charge in [-0.2, -0.15) is 11.8 Å². The van der Waals surface area contributed by atoms with Crippen LogP contribution in [0.1, 0.15) is 23.2 Å². The van der Waals surface area contributed by atoms with Crippen molar-refractivity contribution in [2.24, 2.45) is 0 Å². The molecule has 0 saturated carbocycles. The second-order valence-electron chi connectivity index (χ2n) is 5.37. The number of hydrogen-bond donors (Lipinski definition) is 1. The Kier molecular flexibility index (Phi) is 4.66.